The molecular formula is C96H89Cl8N11O13. The van der Waals surface area contributed by atoms with Crippen molar-refractivity contribution in [2.24, 2.45) is 26.5 Å². The summed E-state index contributed by atoms with van der Waals surface area (Å²) in [4.78, 5) is 131. The van der Waals surface area contributed by atoms with Gasteiger partial charge >= 0.3 is 12.2 Å². The minimum Gasteiger partial charge on any atom is -0.452 e. The summed E-state index contributed by atoms with van der Waals surface area (Å²) in [7, 11) is 3.80. The molecule has 0 aliphatic carbocycles. The molecule has 4 aliphatic rings. The van der Waals surface area contributed by atoms with E-state index in [2.05, 4.69) is 64.2 Å². The first-order valence-electron chi connectivity index (χ1n) is 40.2. The molecule has 0 N–H and O–H groups in total. The second kappa shape index (κ2) is 41.2. The number of methoxy groups -OCH3 is 2. The number of benzene rings is 8. The SMILES string of the molecule is C#Cc1cnc(N(C(=O)c2ccc(C3=NOC(C)(c4cc(Cl)cc(Cl)c4)C3)cc2C)C(=O)C(C)C)nc1.CCCC(=O)c1ccc(C2=NOC(C)(c3cc(Cl)cc(Cl)c3)C2)cc1CC.COC(=O)N(C(=O)c1ccc(C2=NOC(C)(c3cc(Cl)cc(Cl)c3)C2)cc1C)c1cnc(C)cn1.COC(=O)N(C)C(=O)c1ccc(C2=NOC(C)(c3cc(Cl)cc(Cl)c3)C2)cc1C. The number of terminal acetylenes is 1. The fourth-order valence-corrected chi connectivity index (χ4v) is 16.5. The Morgan fingerprint density at radius 3 is 1.08 bits per heavy atom. The van der Waals surface area contributed by atoms with E-state index in [9.17, 15) is 33.6 Å². The highest BCUT2D eigenvalue weighted by Gasteiger charge is 2.43. The van der Waals surface area contributed by atoms with Crippen molar-refractivity contribution in [3.8, 4) is 12.3 Å². The minimum absolute atomic E-state index is 0.0318. The molecule has 662 valence electrons. The average Bonchev–Trinajstić information content (AvgIpc) is 1.64. The lowest BCUT2D eigenvalue weighted by molar-refractivity contribution is -0.120. The molecule has 24 nitrogen and oxygen atoms in total. The molecule has 14 rings (SSSR count). The number of ether oxygens (including phenoxy) is 2. The summed E-state index contributed by atoms with van der Waals surface area (Å²) in [6.07, 6.45) is 13.7. The molecule has 0 saturated carbocycles. The fraction of sp³-hybridized carbons (Fsp3) is 0.281. The molecule has 6 heterocycles. The van der Waals surface area contributed by atoms with Crippen LogP contribution in [0.5, 0.6) is 0 Å². The van der Waals surface area contributed by atoms with Gasteiger partial charge < -0.3 is 28.8 Å². The van der Waals surface area contributed by atoms with Crippen molar-refractivity contribution < 1.29 is 62.4 Å². The van der Waals surface area contributed by atoms with Gasteiger partial charge in [0.15, 0.2) is 34.0 Å². The molecule has 10 aromatic rings. The van der Waals surface area contributed by atoms with Crippen LogP contribution in [-0.4, -0.2) is 111 Å². The number of aryl methyl sites for hydroxylation is 5. The number of Topliss-reactive ketones (excluding diaryl/α,β-unsaturated/α-hetero) is 1. The molecule has 0 saturated heterocycles. The Kier molecular flexibility index (Phi) is 31.2. The Hall–Kier alpha value is -11.6. The second-order valence-electron chi connectivity index (χ2n) is 31.8. The normalized spacial score (nSPS) is 17.5. The monoisotopic (exact) mass is 1880 g/mol. The lowest BCUT2D eigenvalue weighted by atomic mass is 9.88. The predicted molar refractivity (Wildman–Crippen MR) is 500 cm³/mol. The number of hydrogen-bond acceptors (Lipinski definition) is 21. The average molecular weight is 1890 g/mol. The van der Waals surface area contributed by atoms with E-state index >= 15 is 0 Å². The molecular weight excluding hydrogens is 1800 g/mol. The molecule has 4 aliphatic heterocycles. The molecule has 8 aromatic carbocycles. The van der Waals surface area contributed by atoms with Crippen LogP contribution in [0.1, 0.15) is 213 Å². The van der Waals surface area contributed by atoms with Gasteiger partial charge in [0.1, 0.15) is 0 Å². The molecule has 0 fully saturated rings. The Balaban J connectivity index is 0.000000167. The summed E-state index contributed by atoms with van der Waals surface area (Å²) < 4.78 is 9.40. The first kappa shape index (κ1) is 97.0. The highest BCUT2D eigenvalue weighted by Crippen LogP contribution is 2.44. The minimum atomic E-state index is -0.860. The topological polar surface area (TPSA) is 286 Å². The summed E-state index contributed by atoms with van der Waals surface area (Å²) in [5.74, 6) is 0.226. The zero-order valence-corrected chi connectivity index (χ0v) is 78.6. The van der Waals surface area contributed by atoms with E-state index in [0.717, 1.165) is 94.6 Å². The van der Waals surface area contributed by atoms with E-state index in [1.165, 1.54) is 46.1 Å². The third-order valence-corrected chi connectivity index (χ3v) is 23.3. The number of rotatable bonds is 18. The number of amides is 6. The summed E-state index contributed by atoms with van der Waals surface area (Å²) in [5, 5.41) is 21.4. The maximum Gasteiger partial charge on any atom is 0.422 e. The third kappa shape index (κ3) is 22.5. The highest BCUT2D eigenvalue weighted by atomic mass is 35.5. The van der Waals surface area contributed by atoms with E-state index in [4.69, 9.17) is 123 Å². The Bertz CT molecular complexity index is 6120. The van der Waals surface area contributed by atoms with Crippen LogP contribution in [-0.2, 0) is 62.4 Å². The number of halogens is 8. The first-order valence-corrected chi connectivity index (χ1v) is 43.3. The van der Waals surface area contributed by atoms with Crippen LogP contribution in [0.25, 0.3) is 0 Å². The molecule has 128 heavy (non-hydrogen) atoms. The van der Waals surface area contributed by atoms with Gasteiger partial charge in [0.2, 0.25) is 11.9 Å². The number of nitrogens with zero attached hydrogens (tertiary/aromatic N) is 11. The summed E-state index contributed by atoms with van der Waals surface area (Å²) in [5.41, 5.74) is 13.0. The predicted octanol–water partition coefficient (Wildman–Crippen LogP) is 23.6. The van der Waals surface area contributed by atoms with E-state index in [-0.39, 0.29) is 17.5 Å². The number of carbonyl (C=O) groups excluding carboxylic acids is 7. The number of imide groups is 3. The molecule has 2 aromatic heterocycles. The van der Waals surface area contributed by atoms with Crippen molar-refractivity contribution in [2.45, 2.75) is 150 Å². The number of carbonyl (C=O) groups is 7. The van der Waals surface area contributed by atoms with Gasteiger partial charge in [-0.25, -0.2) is 34.3 Å². The summed E-state index contributed by atoms with van der Waals surface area (Å²) in [6.45, 7) is 22.3. The Morgan fingerprint density at radius 2 is 0.773 bits per heavy atom. The van der Waals surface area contributed by atoms with Crippen molar-refractivity contribution in [1.82, 2.24) is 24.8 Å². The molecule has 32 heteroatoms. The first-order chi connectivity index (χ1) is 60.6. The molecule has 6 amide bonds. The standard InChI is InChI=1S/C28H24Cl2N4O3.C25H22Cl2N4O4.C22H23Cl2NO2.C21H20Cl2N2O4/c1-6-18-14-31-27(32-15-18)34(25(35)16(2)3)26(36)23-8-7-19(9-17(23)4)24-13-28(5,37-33-24)20-10-21(29)12-22(30)11-20;1-14-7-16(21-11-25(3,35-30-21)17-8-18(26)10-19(27)9-17)5-6-20(14)23(32)31(24(33)34-4)22-13-28-15(2)12-29-22;1-4-6-21(26)19-8-7-15(9-14(19)5-2)20-13-22(3,27-25-20)16-10-17(23)12-18(24)11-16;1-12-7-13(5-6-17(12)19(26)25(3)20(27)28-4)18-11-21(2,29-24-18)14-8-15(22)10-16(23)9-14/h1,7-12,14-16H,13H2,2-5H3;5-10,12-13H,11H2,1-4H3;7-12H,4-6,13H2,1-3H3;5-10H,11H2,1-4H3. The van der Waals surface area contributed by atoms with E-state index in [0.29, 0.717) is 128 Å². The Labute approximate surface area is 781 Å². The van der Waals surface area contributed by atoms with Gasteiger partial charge in [-0.3, -0.25) is 29.0 Å². The van der Waals surface area contributed by atoms with E-state index < -0.39 is 64.1 Å². The van der Waals surface area contributed by atoms with Gasteiger partial charge in [0.25, 0.3) is 17.7 Å². The van der Waals surface area contributed by atoms with Crippen LogP contribution in [0.4, 0.5) is 21.4 Å². The van der Waals surface area contributed by atoms with Crippen molar-refractivity contribution in [1.29, 1.82) is 0 Å². The van der Waals surface area contributed by atoms with Crippen molar-refractivity contribution >= 4 is 169 Å². The highest BCUT2D eigenvalue weighted by molar-refractivity contribution is 6.37. The van der Waals surface area contributed by atoms with Crippen LogP contribution in [0.3, 0.4) is 0 Å². The van der Waals surface area contributed by atoms with Gasteiger partial charge in [0.05, 0.1) is 60.7 Å². The van der Waals surface area contributed by atoms with Crippen LogP contribution in [0, 0.1) is 46.0 Å². The molecule has 0 spiro atoms. The lowest BCUT2D eigenvalue weighted by Gasteiger charge is -2.22. The molecule has 4 unspecified atom stereocenters. The number of aromatic nitrogens is 4. The van der Waals surface area contributed by atoms with Crippen LogP contribution >= 0.6 is 92.8 Å². The van der Waals surface area contributed by atoms with E-state index in [1.807, 2.05) is 89.2 Å². The largest absolute Gasteiger partial charge is 0.452 e. The quantitative estimate of drug-likeness (QED) is 0.0570. The molecule has 4 atom stereocenters. The summed E-state index contributed by atoms with van der Waals surface area (Å²) >= 11 is 49.2. The van der Waals surface area contributed by atoms with Crippen LogP contribution < -0.4 is 9.80 Å². The van der Waals surface area contributed by atoms with Gasteiger partial charge in [-0.2, -0.15) is 4.90 Å². The number of hydrogen-bond donors (Lipinski definition) is 0. The number of oxime groups is 4. The van der Waals surface area contributed by atoms with Gasteiger partial charge in [0, 0.05) is 142 Å². The van der Waals surface area contributed by atoms with Crippen LogP contribution in [0.15, 0.2) is 191 Å². The molecule has 0 bridgehead atoms. The third-order valence-electron chi connectivity index (χ3n) is 21.5. The van der Waals surface area contributed by atoms with Crippen LogP contribution in [0.2, 0.25) is 40.2 Å². The maximum absolute atomic E-state index is 13.6. The van der Waals surface area contributed by atoms with Gasteiger partial charge in [-0.1, -0.05) is 177 Å². The van der Waals surface area contributed by atoms with Crippen molar-refractivity contribution in [2.75, 3.05) is 31.1 Å². The lowest BCUT2D eigenvalue weighted by Crippen LogP contribution is -2.41. The van der Waals surface area contributed by atoms with Crippen molar-refractivity contribution in [3.05, 3.63) is 311 Å². The summed E-state index contributed by atoms with van der Waals surface area (Å²) in [6, 6.07) is 42.9. The fourth-order valence-electron chi connectivity index (χ4n) is 14.4. The van der Waals surface area contributed by atoms with Gasteiger partial charge in [-0.15, -0.1) is 6.42 Å². The Morgan fingerprint density at radius 1 is 0.438 bits per heavy atom. The van der Waals surface area contributed by atoms with Gasteiger partial charge in [-0.05, 0) is 228 Å². The molecule has 0 radical (unpaired) electrons. The van der Waals surface area contributed by atoms with Crippen molar-refractivity contribution in [3.63, 3.8) is 0 Å². The number of anilines is 2. The number of ketones is 1. The second-order valence-corrected chi connectivity index (χ2v) is 35.3. The zero-order valence-electron chi connectivity index (χ0n) is 72.5. The maximum atomic E-state index is 13.6. The zero-order chi connectivity index (χ0) is 93.2. The smallest absolute Gasteiger partial charge is 0.422 e. The van der Waals surface area contributed by atoms with E-state index in [1.54, 1.807) is 126 Å².